The van der Waals surface area contributed by atoms with Crippen molar-refractivity contribution < 1.29 is 4.74 Å². The summed E-state index contributed by atoms with van der Waals surface area (Å²) in [5, 5.41) is 9.04. The number of ether oxygens (including phenoxy) is 1. The highest BCUT2D eigenvalue weighted by atomic mass is 16.5. The summed E-state index contributed by atoms with van der Waals surface area (Å²) in [6, 6.07) is 9.95. The van der Waals surface area contributed by atoms with Crippen LogP contribution in [0.2, 0.25) is 0 Å². The molecule has 0 amide bonds. The van der Waals surface area contributed by atoms with Gasteiger partial charge in [-0.15, -0.1) is 0 Å². The summed E-state index contributed by atoms with van der Waals surface area (Å²) in [5.74, 6) is 0.864. The average molecular weight is 281 g/mol. The first-order chi connectivity index (χ1) is 10.2. The Labute approximate surface area is 125 Å². The smallest absolute Gasteiger partial charge is 0.147 e. The maximum absolute atomic E-state index is 9.04. The molecule has 0 atom stereocenters. The predicted octanol–water partition coefficient (Wildman–Crippen LogP) is 2.65. The Kier molecular flexibility index (Phi) is 4.91. The summed E-state index contributed by atoms with van der Waals surface area (Å²) < 4.78 is 5.91. The zero-order chi connectivity index (χ0) is 15.2. The molecule has 0 radical (unpaired) electrons. The molecule has 0 aliphatic heterocycles. The highest BCUT2D eigenvalue weighted by Gasteiger charge is 2.09. The van der Waals surface area contributed by atoms with Crippen molar-refractivity contribution in [1.29, 1.82) is 5.26 Å². The lowest BCUT2D eigenvalue weighted by molar-refractivity contribution is 0.301. The van der Waals surface area contributed by atoms with Crippen LogP contribution in [0.5, 0.6) is 5.75 Å². The molecule has 0 aliphatic rings. The van der Waals surface area contributed by atoms with Crippen LogP contribution >= 0.6 is 0 Å². The summed E-state index contributed by atoms with van der Waals surface area (Å²) in [6.07, 6.45) is 2.48. The number of hydrogen-bond donors (Lipinski definition) is 1. The third-order valence-electron chi connectivity index (χ3n) is 3.32. The van der Waals surface area contributed by atoms with Crippen LogP contribution in [-0.2, 0) is 13.0 Å². The van der Waals surface area contributed by atoms with E-state index in [4.69, 9.17) is 15.7 Å². The number of nitrogens with zero attached hydrogens (tertiary/aromatic N) is 2. The van der Waals surface area contributed by atoms with Gasteiger partial charge in [0.05, 0.1) is 0 Å². The minimum absolute atomic E-state index is 0.342. The van der Waals surface area contributed by atoms with Gasteiger partial charge in [-0.25, -0.2) is 4.98 Å². The molecule has 0 spiro atoms. The van der Waals surface area contributed by atoms with Gasteiger partial charge in [0.25, 0.3) is 0 Å². The van der Waals surface area contributed by atoms with E-state index in [9.17, 15) is 0 Å². The Morgan fingerprint density at radius 2 is 2.00 bits per heavy atom. The highest BCUT2D eigenvalue weighted by molar-refractivity contribution is 5.44. The number of pyridine rings is 1. The van der Waals surface area contributed by atoms with E-state index in [0.717, 1.165) is 28.9 Å². The minimum Gasteiger partial charge on any atom is -0.488 e. The van der Waals surface area contributed by atoms with Crippen LogP contribution in [-0.4, -0.2) is 11.5 Å². The molecular formula is C17H19N3O. The van der Waals surface area contributed by atoms with Gasteiger partial charge in [0, 0.05) is 11.8 Å². The second-order valence-corrected chi connectivity index (χ2v) is 5.01. The van der Waals surface area contributed by atoms with Crippen molar-refractivity contribution in [2.24, 2.45) is 5.73 Å². The quantitative estimate of drug-likeness (QED) is 0.914. The van der Waals surface area contributed by atoms with Gasteiger partial charge in [-0.05, 0) is 49.6 Å². The van der Waals surface area contributed by atoms with E-state index >= 15 is 0 Å². The first-order valence-corrected chi connectivity index (χ1v) is 6.92. The van der Waals surface area contributed by atoms with Gasteiger partial charge in [0.1, 0.15) is 24.1 Å². The monoisotopic (exact) mass is 281 g/mol. The summed E-state index contributed by atoms with van der Waals surface area (Å²) in [4.78, 5) is 4.04. The van der Waals surface area contributed by atoms with Crippen molar-refractivity contribution in [2.75, 3.05) is 6.54 Å². The van der Waals surface area contributed by atoms with E-state index in [2.05, 4.69) is 23.2 Å². The predicted molar refractivity (Wildman–Crippen MR) is 82.0 cm³/mol. The molecule has 0 fully saturated rings. The second kappa shape index (κ2) is 6.87. The number of nitrogens with two attached hydrogens (primary N) is 1. The van der Waals surface area contributed by atoms with Gasteiger partial charge < -0.3 is 10.5 Å². The highest BCUT2D eigenvalue weighted by Crippen LogP contribution is 2.26. The molecule has 4 nitrogen and oxygen atoms in total. The molecule has 108 valence electrons. The number of aryl methyl sites for hydroxylation is 2. The van der Waals surface area contributed by atoms with Crippen LogP contribution < -0.4 is 10.5 Å². The molecule has 0 bridgehead atoms. The average Bonchev–Trinajstić information content (AvgIpc) is 2.47. The molecule has 1 heterocycles. The summed E-state index contributed by atoms with van der Waals surface area (Å²) in [7, 11) is 0. The van der Waals surface area contributed by atoms with Crippen molar-refractivity contribution >= 4 is 0 Å². The first kappa shape index (κ1) is 15.0. The SMILES string of the molecule is Cc1cc(CCN)cc(C)c1OCc1cccnc1C#N. The molecule has 0 unspecified atom stereocenters. The normalized spacial score (nSPS) is 10.2. The van der Waals surface area contributed by atoms with Crippen molar-refractivity contribution in [3.8, 4) is 11.8 Å². The van der Waals surface area contributed by atoms with E-state index < -0.39 is 0 Å². The standard InChI is InChI=1S/C17H19N3O/c1-12-8-14(5-6-18)9-13(2)17(12)21-11-15-4-3-7-20-16(15)10-19/h3-4,7-9H,5-6,11,18H2,1-2H3. The van der Waals surface area contributed by atoms with Crippen LogP contribution in [0.15, 0.2) is 30.5 Å². The summed E-state index contributed by atoms with van der Waals surface area (Å²) in [6.45, 7) is 5.03. The van der Waals surface area contributed by atoms with Gasteiger partial charge in [0.2, 0.25) is 0 Å². The lowest BCUT2D eigenvalue weighted by Gasteiger charge is -2.14. The molecule has 1 aromatic heterocycles. The van der Waals surface area contributed by atoms with Crippen molar-refractivity contribution in [3.05, 3.63) is 58.4 Å². The Morgan fingerprint density at radius 3 is 2.62 bits per heavy atom. The number of hydrogen-bond acceptors (Lipinski definition) is 4. The molecule has 2 N–H and O–H groups in total. The van der Waals surface area contributed by atoms with Crippen LogP contribution in [0, 0.1) is 25.2 Å². The van der Waals surface area contributed by atoms with E-state index in [-0.39, 0.29) is 0 Å². The molecule has 21 heavy (non-hydrogen) atoms. The summed E-state index contributed by atoms with van der Waals surface area (Å²) in [5.41, 5.74) is 10.2. The topological polar surface area (TPSA) is 71.9 Å². The number of nitriles is 1. The molecule has 0 saturated heterocycles. The number of benzene rings is 1. The molecule has 0 saturated carbocycles. The van der Waals surface area contributed by atoms with Gasteiger partial charge in [-0.1, -0.05) is 18.2 Å². The van der Waals surface area contributed by atoms with Crippen molar-refractivity contribution in [2.45, 2.75) is 26.9 Å². The number of rotatable bonds is 5. The minimum atomic E-state index is 0.342. The van der Waals surface area contributed by atoms with Gasteiger partial charge in [-0.2, -0.15) is 5.26 Å². The Balaban J connectivity index is 2.19. The van der Waals surface area contributed by atoms with E-state index in [1.54, 1.807) is 6.20 Å². The van der Waals surface area contributed by atoms with Gasteiger partial charge in [-0.3, -0.25) is 0 Å². The van der Waals surface area contributed by atoms with Crippen LogP contribution in [0.3, 0.4) is 0 Å². The summed E-state index contributed by atoms with van der Waals surface area (Å²) >= 11 is 0. The van der Waals surface area contributed by atoms with E-state index in [1.807, 2.05) is 26.0 Å². The largest absolute Gasteiger partial charge is 0.488 e. The Hall–Kier alpha value is -2.38. The molecule has 0 aliphatic carbocycles. The second-order valence-electron chi connectivity index (χ2n) is 5.01. The maximum atomic E-state index is 9.04. The maximum Gasteiger partial charge on any atom is 0.147 e. The Bertz CT molecular complexity index is 651. The van der Waals surface area contributed by atoms with E-state index in [0.29, 0.717) is 18.8 Å². The van der Waals surface area contributed by atoms with Crippen molar-refractivity contribution in [1.82, 2.24) is 4.98 Å². The van der Waals surface area contributed by atoms with Crippen LogP contribution in [0.1, 0.15) is 27.9 Å². The van der Waals surface area contributed by atoms with E-state index in [1.165, 1.54) is 5.56 Å². The molecular weight excluding hydrogens is 262 g/mol. The lowest BCUT2D eigenvalue weighted by atomic mass is 10.0. The first-order valence-electron chi connectivity index (χ1n) is 6.92. The van der Waals surface area contributed by atoms with Gasteiger partial charge in [0.15, 0.2) is 0 Å². The zero-order valence-electron chi connectivity index (χ0n) is 12.4. The molecule has 1 aromatic carbocycles. The number of aromatic nitrogens is 1. The van der Waals surface area contributed by atoms with Crippen LogP contribution in [0.4, 0.5) is 0 Å². The fourth-order valence-electron chi connectivity index (χ4n) is 2.38. The van der Waals surface area contributed by atoms with Crippen LogP contribution in [0.25, 0.3) is 0 Å². The third-order valence-corrected chi connectivity index (χ3v) is 3.32. The molecule has 2 aromatic rings. The lowest BCUT2D eigenvalue weighted by Crippen LogP contribution is -2.05. The van der Waals surface area contributed by atoms with Crippen molar-refractivity contribution in [3.63, 3.8) is 0 Å². The fraction of sp³-hybridized carbons (Fsp3) is 0.294. The van der Waals surface area contributed by atoms with Gasteiger partial charge >= 0.3 is 0 Å². The Morgan fingerprint density at radius 1 is 1.29 bits per heavy atom. The zero-order valence-corrected chi connectivity index (χ0v) is 12.4. The fourth-order valence-corrected chi connectivity index (χ4v) is 2.38. The molecule has 2 rings (SSSR count). The third kappa shape index (κ3) is 3.59. The molecule has 4 heteroatoms.